The van der Waals surface area contributed by atoms with Gasteiger partial charge in [0, 0.05) is 18.1 Å². The summed E-state index contributed by atoms with van der Waals surface area (Å²) < 4.78 is 13.0. The van der Waals surface area contributed by atoms with Crippen LogP contribution < -0.4 is 9.47 Å². The summed E-state index contributed by atoms with van der Waals surface area (Å²) in [5.74, 6) is 1.08. The van der Waals surface area contributed by atoms with Crippen LogP contribution in [-0.4, -0.2) is 32.4 Å². The number of ether oxygens (including phenoxy) is 2. The van der Waals surface area contributed by atoms with Crippen LogP contribution in [0.5, 0.6) is 17.4 Å². The highest BCUT2D eigenvalue weighted by Crippen LogP contribution is 2.39. The minimum atomic E-state index is -0.0894. The molecule has 0 unspecified atom stereocenters. The van der Waals surface area contributed by atoms with Gasteiger partial charge in [-0.1, -0.05) is 30.3 Å². The maximum atomic E-state index is 12.6. The molecule has 1 fully saturated rings. The standard InChI is InChI=1S/C25H23N3O4/c1-31-22-11-18(10-21(30)25(22)20(29)9-16-7-8-16)19-13-26-23-12-24(27-15-28(19)23)32-14-17-5-3-2-4-6-17/h2-6,10-13,15-16,30H,7-9,14H2,1H3. The molecule has 0 aliphatic heterocycles. The molecule has 0 spiro atoms. The minimum absolute atomic E-state index is 0.0873. The van der Waals surface area contributed by atoms with E-state index in [1.54, 1.807) is 35.1 Å². The van der Waals surface area contributed by atoms with E-state index >= 15 is 0 Å². The number of fused-ring (bicyclic) bond motifs is 1. The lowest BCUT2D eigenvalue weighted by Gasteiger charge is -2.12. The van der Waals surface area contributed by atoms with Gasteiger partial charge in [0.25, 0.3) is 0 Å². The van der Waals surface area contributed by atoms with Crippen molar-refractivity contribution in [3.05, 3.63) is 72.2 Å². The average Bonchev–Trinajstić information content (AvgIpc) is 3.52. The Labute approximate surface area is 185 Å². The predicted molar refractivity (Wildman–Crippen MR) is 119 cm³/mol. The van der Waals surface area contributed by atoms with Gasteiger partial charge in [-0.3, -0.25) is 9.20 Å². The van der Waals surface area contributed by atoms with Crippen LogP contribution in [0.4, 0.5) is 0 Å². The van der Waals surface area contributed by atoms with E-state index in [2.05, 4.69) is 9.97 Å². The fraction of sp³-hybridized carbons (Fsp3) is 0.240. The maximum absolute atomic E-state index is 12.6. The number of hydrogen-bond donors (Lipinski definition) is 1. The summed E-state index contributed by atoms with van der Waals surface area (Å²) in [5.41, 5.74) is 3.35. The third-order valence-electron chi connectivity index (χ3n) is 5.65. The van der Waals surface area contributed by atoms with Crippen molar-refractivity contribution in [2.75, 3.05) is 7.11 Å². The molecule has 5 rings (SSSR count). The molecule has 1 saturated carbocycles. The number of phenols is 1. The molecule has 0 atom stereocenters. The van der Waals surface area contributed by atoms with Gasteiger partial charge in [-0.2, -0.15) is 0 Å². The van der Waals surface area contributed by atoms with Gasteiger partial charge < -0.3 is 14.6 Å². The second-order valence-corrected chi connectivity index (χ2v) is 8.02. The number of imidazole rings is 1. The van der Waals surface area contributed by atoms with Gasteiger partial charge in [-0.05, 0) is 36.5 Å². The Morgan fingerprint density at radius 2 is 1.97 bits per heavy atom. The monoisotopic (exact) mass is 429 g/mol. The zero-order valence-electron chi connectivity index (χ0n) is 17.7. The summed E-state index contributed by atoms with van der Waals surface area (Å²) in [5, 5.41) is 10.6. The Kier molecular flexibility index (Phi) is 5.23. The molecule has 4 aromatic rings. The number of ketones is 1. The number of aromatic nitrogens is 3. The van der Waals surface area contributed by atoms with Crippen molar-refractivity contribution in [1.29, 1.82) is 0 Å². The predicted octanol–water partition coefficient (Wildman–Crippen LogP) is 4.67. The van der Waals surface area contributed by atoms with E-state index in [4.69, 9.17) is 9.47 Å². The van der Waals surface area contributed by atoms with Crippen molar-refractivity contribution in [1.82, 2.24) is 14.4 Å². The number of nitrogens with zero attached hydrogens (tertiary/aromatic N) is 3. The van der Waals surface area contributed by atoms with Gasteiger partial charge in [-0.15, -0.1) is 0 Å². The normalized spacial score (nSPS) is 13.3. The Bertz CT molecular complexity index is 1280. The zero-order valence-corrected chi connectivity index (χ0v) is 17.7. The van der Waals surface area contributed by atoms with Crippen molar-refractivity contribution in [2.24, 2.45) is 5.92 Å². The van der Waals surface area contributed by atoms with Crippen LogP contribution in [0.3, 0.4) is 0 Å². The van der Waals surface area contributed by atoms with Gasteiger partial charge in [0.2, 0.25) is 5.88 Å². The third-order valence-corrected chi connectivity index (χ3v) is 5.65. The van der Waals surface area contributed by atoms with Crippen LogP contribution >= 0.6 is 0 Å². The molecule has 2 aromatic carbocycles. The van der Waals surface area contributed by atoms with E-state index in [-0.39, 0.29) is 17.1 Å². The van der Waals surface area contributed by atoms with Crippen LogP contribution in [0.15, 0.2) is 61.1 Å². The molecule has 1 aliphatic carbocycles. The summed E-state index contributed by atoms with van der Waals surface area (Å²) in [6, 6.07) is 15.0. The van der Waals surface area contributed by atoms with Crippen molar-refractivity contribution >= 4 is 11.4 Å². The van der Waals surface area contributed by atoms with Crippen LogP contribution in [0, 0.1) is 5.92 Å². The summed E-state index contributed by atoms with van der Waals surface area (Å²) in [6.45, 7) is 0.416. The molecular formula is C25H23N3O4. The van der Waals surface area contributed by atoms with Crippen LogP contribution in [0.25, 0.3) is 16.9 Å². The first-order valence-electron chi connectivity index (χ1n) is 10.6. The Balaban J connectivity index is 1.42. The largest absolute Gasteiger partial charge is 0.507 e. The van der Waals surface area contributed by atoms with Crippen LogP contribution in [-0.2, 0) is 6.61 Å². The third kappa shape index (κ3) is 4.01. The number of methoxy groups -OCH3 is 1. The lowest BCUT2D eigenvalue weighted by atomic mass is 10.0. The first-order chi connectivity index (χ1) is 15.6. The van der Waals surface area contributed by atoms with Crippen molar-refractivity contribution < 1.29 is 19.4 Å². The van der Waals surface area contributed by atoms with Crippen molar-refractivity contribution in [2.45, 2.75) is 25.9 Å². The Morgan fingerprint density at radius 3 is 2.72 bits per heavy atom. The minimum Gasteiger partial charge on any atom is -0.507 e. The molecular weight excluding hydrogens is 406 g/mol. The van der Waals surface area contributed by atoms with Crippen molar-refractivity contribution in [3.63, 3.8) is 0 Å². The number of phenolic OH excluding ortho intramolecular Hbond substituents is 1. The molecule has 0 amide bonds. The lowest BCUT2D eigenvalue weighted by Crippen LogP contribution is -2.04. The van der Waals surface area contributed by atoms with Crippen LogP contribution in [0.1, 0.15) is 35.2 Å². The van der Waals surface area contributed by atoms with Crippen molar-refractivity contribution in [3.8, 4) is 28.6 Å². The van der Waals surface area contributed by atoms with E-state index in [1.165, 1.54) is 7.11 Å². The number of carbonyl (C=O) groups is 1. The van der Waals surface area contributed by atoms with E-state index in [9.17, 15) is 9.90 Å². The highest BCUT2D eigenvalue weighted by molar-refractivity contribution is 6.02. The molecule has 0 bridgehead atoms. The summed E-state index contributed by atoms with van der Waals surface area (Å²) in [6.07, 6.45) is 5.90. The first kappa shape index (κ1) is 20.1. The Hall–Kier alpha value is -3.87. The quantitative estimate of drug-likeness (QED) is 0.410. The summed E-state index contributed by atoms with van der Waals surface area (Å²) in [4.78, 5) is 21.5. The zero-order chi connectivity index (χ0) is 22.1. The smallest absolute Gasteiger partial charge is 0.218 e. The van der Waals surface area contributed by atoms with Gasteiger partial charge in [-0.25, -0.2) is 9.97 Å². The number of aromatic hydroxyl groups is 1. The highest BCUT2D eigenvalue weighted by Gasteiger charge is 2.28. The second kappa shape index (κ2) is 8.34. The second-order valence-electron chi connectivity index (χ2n) is 8.02. The van der Waals surface area contributed by atoms with Gasteiger partial charge in [0.05, 0.1) is 19.0 Å². The fourth-order valence-corrected chi connectivity index (χ4v) is 3.77. The van der Waals surface area contributed by atoms with E-state index in [0.717, 1.165) is 24.1 Å². The molecule has 0 radical (unpaired) electrons. The molecule has 2 heterocycles. The van der Waals surface area contributed by atoms with E-state index in [0.29, 0.717) is 41.8 Å². The highest BCUT2D eigenvalue weighted by atomic mass is 16.5. The average molecular weight is 429 g/mol. The summed E-state index contributed by atoms with van der Waals surface area (Å²) >= 11 is 0. The van der Waals surface area contributed by atoms with Gasteiger partial charge in [0.15, 0.2) is 5.78 Å². The molecule has 2 aromatic heterocycles. The van der Waals surface area contributed by atoms with Gasteiger partial charge in [0.1, 0.15) is 35.6 Å². The first-order valence-corrected chi connectivity index (χ1v) is 10.6. The topological polar surface area (TPSA) is 86.0 Å². The number of Topliss-reactive ketones (excluding diaryl/α,β-unsaturated/α-hetero) is 1. The number of rotatable bonds is 8. The van der Waals surface area contributed by atoms with Crippen LogP contribution in [0.2, 0.25) is 0 Å². The van der Waals surface area contributed by atoms with Gasteiger partial charge >= 0.3 is 0 Å². The number of hydrogen-bond acceptors (Lipinski definition) is 6. The fourth-order valence-electron chi connectivity index (χ4n) is 3.77. The molecule has 1 N–H and O–H groups in total. The summed E-state index contributed by atoms with van der Waals surface area (Å²) in [7, 11) is 1.50. The van der Waals surface area contributed by atoms with E-state index in [1.807, 2.05) is 30.3 Å². The molecule has 32 heavy (non-hydrogen) atoms. The molecule has 1 aliphatic rings. The molecule has 7 nitrogen and oxygen atoms in total. The Morgan fingerprint density at radius 1 is 1.16 bits per heavy atom. The molecule has 162 valence electrons. The number of benzene rings is 2. The maximum Gasteiger partial charge on any atom is 0.218 e. The SMILES string of the molecule is COc1cc(-c2cnc3cc(OCc4ccccc4)ncn23)cc(O)c1C(=O)CC1CC1. The molecule has 0 saturated heterocycles. The lowest BCUT2D eigenvalue weighted by molar-refractivity contribution is 0.0970. The van der Waals surface area contributed by atoms with E-state index < -0.39 is 0 Å². The number of carbonyl (C=O) groups excluding carboxylic acids is 1. The molecule has 7 heteroatoms.